The summed E-state index contributed by atoms with van der Waals surface area (Å²) >= 11 is 0. The van der Waals surface area contributed by atoms with Crippen molar-refractivity contribution in [2.75, 3.05) is 18.2 Å². The quantitative estimate of drug-likeness (QED) is 0.647. The SMILES string of the molecule is COC(=O)c1ccc(NC(C)Cc2ccco2)c(N)c1. The molecule has 0 spiro atoms. The van der Waals surface area contributed by atoms with Gasteiger partial charge in [-0.1, -0.05) is 0 Å². The summed E-state index contributed by atoms with van der Waals surface area (Å²) < 4.78 is 9.96. The first kappa shape index (κ1) is 14.0. The Labute approximate surface area is 117 Å². The second-order valence-corrected chi connectivity index (χ2v) is 4.62. The van der Waals surface area contributed by atoms with Gasteiger partial charge in [0.15, 0.2) is 0 Å². The van der Waals surface area contributed by atoms with Crippen LogP contribution in [-0.2, 0) is 11.2 Å². The molecule has 0 saturated carbocycles. The van der Waals surface area contributed by atoms with Crippen molar-refractivity contribution >= 4 is 17.3 Å². The summed E-state index contributed by atoms with van der Waals surface area (Å²) in [5.41, 5.74) is 7.68. The van der Waals surface area contributed by atoms with Crippen LogP contribution in [-0.4, -0.2) is 19.1 Å². The second kappa shape index (κ2) is 6.14. The minimum absolute atomic E-state index is 0.160. The topological polar surface area (TPSA) is 77.5 Å². The Bertz CT molecular complexity index is 579. The van der Waals surface area contributed by atoms with E-state index in [2.05, 4.69) is 10.1 Å². The zero-order chi connectivity index (χ0) is 14.5. The summed E-state index contributed by atoms with van der Waals surface area (Å²) in [6.07, 6.45) is 2.41. The van der Waals surface area contributed by atoms with E-state index in [1.54, 1.807) is 24.5 Å². The fraction of sp³-hybridized carbons (Fsp3) is 0.267. The first-order chi connectivity index (χ1) is 9.60. The number of nitrogens with one attached hydrogen (secondary N) is 1. The highest BCUT2D eigenvalue weighted by molar-refractivity contribution is 5.91. The molecular formula is C15H18N2O3. The van der Waals surface area contributed by atoms with Gasteiger partial charge in [0.25, 0.3) is 0 Å². The molecule has 1 unspecified atom stereocenters. The van der Waals surface area contributed by atoms with Crippen LogP contribution in [0.5, 0.6) is 0 Å². The lowest BCUT2D eigenvalue weighted by Gasteiger charge is -2.16. The van der Waals surface area contributed by atoms with Crippen molar-refractivity contribution in [3.05, 3.63) is 47.9 Å². The van der Waals surface area contributed by atoms with Crippen LogP contribution in [0.3, 0.4) is 0 Å². The number of furan rings is 1. The van der Waals surface area contributed by atoms with Crippen molar-refractivity contribution < 1.29 is 13.9 Å². The second-order valence-electron chi connectivity index (χ2n) is 4.62. The van der Waals surface area contributed by atoms with Gasteiger partial charge in [-0.15, -0.1) is 0 Å². The van der Waals surface area contributed by atoms with E-state index in [4.69, 9.17) is 10.2 Å². The van der Waals surface area contributed by atoms with Gasteiger partial charge < -0.3 is 20.2 Å². The molecule has 0 saturated heterocycles. The molecule has 20 heavy (non-hydrogen) atoms. The minimum Gasteiger partial charge on any atom is -0.469 e. The first-order valence-electron chi connectivity index (χ1n) is 6.37. The highest BCUT2D eigenvalue weighted by atomic mass is 16.5. The zero-order valence-electron chi connectivity index (χ0n) is 11.6. The van der Waals surface area contributed by atoms with Gasteiger partial charge in [0.05, 0.1) is 30.3 Å². The summed E-state index contributed by atoms with van der Waals surface area (Å²) in [6, 6.07) is 9.02. The fourth-order valence-corrected chi connectivity index (χ4v) is 1.99. The Balaban J connectivity index is 2.04. The molecule has 1 aromatic heterocycles. The summed E-state index contributed by atoms with van der Waals surface area (Å²) in [6.45, 7) is 2.04. The Morgan fingerprint density at radius 2 is 2.25 bits per heavy atom. The Morgan fingerprint density at radius 3 is 2.85 bits per heavy atom. The van der Waals surface area contributed by atoms with Crippen molar-refractivity contribution in [3.63, 3.8) is 0 Å². The lowest BCUT2D eigenvalue weighted by atomic mass is 10.1. The fourth-order valence-electron chi connectivity index (χ4n) is 1.99. The van der Waals surface area contributed by atoms with Gasteiger partial charge in [-0.3, -0.25) is 0 Å². The number of ether oxygens (including phenoxy) is 1. The molecule has 1 aromatic carbocycles. The van der Waals surface area contributed by atoms with Gasteiger partial charge in [0.2, 0.25) is 0 Å². The van der Waals surface area contributed by atoms with Crippen molar-refractivity contribution in [1.29, 1.82) is 0 Å². The summed E-state index contributed by atoms with van der Waals surface area (Å²) in [5.74, 6) is 0.515. The molecule has 0 aliphatic rings. The summed E-state index contributed by atoms with van der Waals surface area (Å²) in [5, 5.41) is 3.30. The lowest BCUT2D eigenvalue weighted by Crippen LogP contribution is -2.18. The van der Waals surface area contributed by atoms with Gasteiger partial charge in [-0.2, -0.15) is 0 Å². The van der Waals surface area contributed by atoms with Crippen LogP contribution in [0.1, 0.15) is 23.0 Å². The smallest absolute Gasteiger partial charge is 0.337 e. The molecule has 0 radical (unpaired) electrons. The molecule has 0 amide bonds. The Kier molecular flexibility index (Phi) is 4.30. The molecule has 0 aliphatic heterocycles. The molecule has 5 nitrogen and oxygen atoms in total. The molecule has 1 atom stereocenters. The van der Waals surface area contributed by atoms with Crippen LogP contribution in [0.25, 0.3) is 0 Å². The molecule has 5 heteroatoms. The van der Waals surface area contributed by atoms with Gasteiger partial charge in [-0.05, 0) is 37.3 Å². The molecule has 3 N–H and O–H groups in total. The average Bonchev–Trinajstić information content (AvgIpc) is 2.93. The van der Waals surface area contributed by atoms with E-state index in [0.717, 1.165) is 17.9 Å². The van der Waals surface area contributed by atoms with Crippen molar-refractivity contribution in [1.82, 2.24) is 0 Å². The van der Waals surface area contributed by atoms with Crippen LogP contribution in [0, 0.1) is 0 Å². The van der Waals surface area contributed by atoms with Gasteiger partial charge in [0.1, 0.15) is 5.76 Å². The number of hydrogen-bond acceptors (Lipinski definition) is 5. The number of hydrogen-bond donors (Lipinski definition) is 2. The molecule has 0 aliphatic carbocycles. The number of benzene rings is 1. The highest BCUT2D eigenvalue weighted by Gasteiger charge is 2.11. The molecule has 2 aromatic rings. The maximum Gasteiger partial charge on any atom is 0.337 e. The molecule has 1 heterocycles. The van der Waals surface area contributed by atoms with E-state index < -0.39 is 5.97 Å². The number of anilines is 2. The number of rotatable bonds is 5. The minimum atomic E-state index is -0.396. The van der Waals surface area contributed by atoms with E-state index in [1.807, 2.05) is 19.1 Å². The molecule has 0 fully saturated rings. The Hall–Kier alpha value is -2.43. The summed E-state index contributed by atoms with van der Waals surface area (Å²) in [7, 11) is 1.34. The largest absolute Gasteiger partial charge is 0.469 e. The maximum atomic E-state index is 11.4. The monoisotopic (exact) mass is 274 g/mol. The third-order valence-corrected chi connectivity index (χ3v) is 2.96. The van der Waals surface area contributed by atoms with Crippen molar-refractivity contribution in [2.45, 2.75) is 19.4 Å². The normalized spacial score (nSPS) is 11.9. The number of carbonyl (C=O) groups excluding carboxylic acids is 1. The number of methoxy groups -OCH3 is 1. The molecule has 0 bridgehead atoms. The van der Waals surface area contributed by atoms with E-state index in [1.165, 1.54) is 7.11 Å². The van der Waals surface area contributed by atoms with Crippen LogP contribution in [0.4, 0.5) is 11.4 Å². The van der Waals surface area contributed by atoms with Crippen LogP contribution in [0.15, 0.2) is 41.0 Å². The third-order valence-electron chi connectivity index (χ3n) is 2.96. The van der Waals surface area contributed by atoms with Crippen molar-refractivity contribution in [2.24, 2.45) is 0 Å². The van der Waals surface area contributed by atoms with Gasteiger partial charge in [0, 0.05) is 12.5 Å². The molecule has 106 valence electrons. The highest BCUT2D eigenvalue weighted by Crippen LogP contribution is 2.22. The van der Waals surface area contributed by atoms with E-state index in [0.29, 0.717) is 11.3 Å². The van der Waals surface area contributed by atoms with Crippen LogP contribution in [0.2, 0.25) is 0 Å². The predicted octanol–water partition coefficient (Wildman–Crippen LogP) is 2.69. The molecule has 2 rings (SSSR count). The first-order valence-corrected chi connectivity index (χ1v) is 6.37. The van der Waals surface area contributed by atoms with Gasteiger partial charge in [-0.25, -0.2) is 4.79 Å². The Morgan fingerprint density at radius 1 is 1.45 bits per heavy atom. The van der Waals surface area contributed by atoms with E-state index in [9.17, 15) is 4.79 Å². The number of nitrogens with two attached hydrogens (primary N) is 1. The zero-order valence-corrected chi connectivity index (χ0v) is 11.6. The van der Waals surface area contributed by atoms with E-state index >= 15 is 0 Å². The van der Waals surface area contributed by atoms with Crippen LogP contribution < -0.4 is 11.1 Å². The van der Waals surface area contributed by atoms with Crippen molar-refractivity contribution in [3.8, 4) is 0 Å². The van der Waals surface area contributed by atoms with Crippen LogP contribution >= 0.6 is 0 Å². The third kappa shape index (κ3) is 3.32. The summed E-state index contributed by atoms with van der Waals surface area (Å²) in [4.78, 5) is 11.4. The number of esters is 1. The van der Waals surface area contributed by atoms with E-state index in [-0.39, 0.29) is 6.04 Å². The molecular weight excluding hydrogens is 256 g/mol. The number of nitrogen functional groups attached to an aromatic ring is 1. The standard InChI is InChI=1S/C15H18N2O3/c1-10(8-12-4-3-7-20-12)17-14-6-5-11(9-13(14)16)15(18)19-2/h3-7,9-10,17H,8,16H2,1-2H3. The lowest BCUT2D eigenvalue weighted by molar-refractivity contribution is 0.0601. The van der Waals surface area contributed by atoms with Gasteiger partial charge >= 0.3 is 5.97 Å². The average molecular weight is 274 g/mol. The number of carbonyl (C=O) groups is 1. The predicted molar refractivity (Wildman–Crippen MR) is 77.7 cm³/mol. The maximum absolute atomic E-state index is 11.4.